The zero-order chi connectivity index (χ0) is 34.4. The largest absolute Gasteiger partial charge is 0.278 e. The maximum Gasteiger partial charge on any atom is 0.266 e. The Balaban J connectivity index is 1.27. The van der Waals surface area contributed by atoms with E-state index in [-0.39, 0.29) is 0 Å². The van der Waals surface area contributed by atoms with Gasteiger partial charge in [0.1, 0.15) is 0 Å². The number of halogens is 2. The molecule has 0 spiro atoms. The lowest BCUT2D eigenvalue weighted by atomic mass is 9.77. The third-order valence-corrected chi connectivity index (χ3v) is 10.7. The van der Waals surface area contributed by atoms with Gasteiger partial charge in [-0.25, -0.2) is 13.8 Å². The number of para-hydroxylation sites is 2. The fraction of sp³-hybridized carbons (Fsp3) is 0.163. The van der Waals surface area contributed by atoms with Crippen molar-refractivity contribution in [1.29, 1.82) is 0 Å². The van der Waals surface area contributed by atoms with E-state index in [0.717, 1.165) is 55.0 Å². The molecule has 50 heavy (non-hydrogen) atoms. The molecule has 0 saturated heterocycles. The molecular formula is C43H33F2N5. The van der Waals surface area contributed by atoms with Crippen LogP contribution in [0.2, 0.25) is 0 Å². The van der Waals surface area contributed by atoms with Crippen molar-refractivity contribution in [3.8, 4) is 40.0 Å². The quantitative estimate of drug-likeness (QED) is 0.189. The Hall–Kier alpha value is -5.82. The highest BCUT2D eigenvalue weighted by atomic mass is 19.3. The van der Waals surface area contributed by atoms with Gasteiger partial charge in [-0.1, -0.05) is 103 Å². The van der Waals surface area contributed by atoms with Gasteiger partial charge in [-0.15, -0.1) is 0 Å². The maximum atomic E-state index is 15.7. The fourth-order valence-electron chi connectivity index (χ4n) is 7.91. The van der Waals surface area contributed by atoms with Crippen molar-refractivity contribution in [2.45, 2.75) is 44.4 Å². The topological polar surface area (TPSA) is 56.5 Å². The van der Waals surface area contributed by atoms with Crippen LogP contribution in [0.4, 0.5) is 8.78 Å². The Morgan fingerprint density at radius 3 is 1.76 bits per heavy atom. The third kappa shape index (κ3) is 4.16. The van der Waals surface area contributed by atoms with Gasteiger partial charge in [0.05, 0.1) is 27.6 Å². The molecule has 9 rings (SSSR count). The number of rotatable bonds is 4. The van der Waals surface area contributed by atoms with Crippen molar-refractivity contribution < 1.29 is 8.78 Å². The molecule has 0 unspecified atom stereocenters. The van der Waals surface area contributed by atoms with E-state index < -0.39 is 16.8 Å². The summed E-state index contributed by atoms with van der Waals surface area (Å²) in [5, 5.41) is 4.01. The van der Waals surface area contributed by atoms with Gasteiger partial charge in [0.15, 0.2) is 11.6 Å². The number of pyridine rings is 1. The van der Waals surface area contributed by atoms with Crippen LogP contribution in [-0.2, 0) is 10.8 Å². The molecule has 5 aromatic carbocycles. The predicted octanol–water partition coefficient (Wildman–Crippen LogP) is 10.7. The number of fused-ring (bicyclic) bond motifs is 5. The number of alkyl halides is 2. The second-order valence-corrected chi connectivity index (χ2v) is 14.2. The first-order valence-electron chi connectivity index (χ1n) is 16.8. The van der Waals surface area contributed by atoms with Crippen LogP contribution in [0.5, 0.6) is 0 Å². The summed E-state index contributed by atoms with van der Waals surface area (Å²) in [6.45, 7) is 6.54. The van der Waals surface area contributed by atoms with E-state index in [1.54, 1.807) is 33.9 Å². The van der Waals surface area contributed by atoms with Gasteiger partial charge in [0.2, 0.25) is 5.95 Å². The van der Waals surface area contributed by atoms with Gasteiger partial charge < -0.3 is 0 Å². The molecule has 7 heteroatoms. The third-order valence-electron chi connectivity index (χ3n) is 10.7. The first-order chi connectivity index (χ1) is 24.1. The van der Waals surface area contributed by atoms with Crippen molar-refractivity contribution in [2.75, 3.05) is 0 Å². The molecule has 1 aliphatic carbocycles. The molecule has 5 nitrogen and oxygen atoms in total. The highest BCUT2D eigenvalue weighted by Gasteiger charge is 2.65. The van der Waals surface area contributed by atoms with Crippen molar-refractivity contribution in [3.05, 3.63) is 139 Å². The Labute approximate surface area is 288 Å². The fourth-order valence-corrected chi connectivity index (χ4v) is 7.91. The van der Waals surface area contributed by atoms with Crippen molar-refractivity contribution in [3.63, 3.8) is 0 Å². The van der Waals surface area contributed by atoms with E-state index in [0.29, 0.717) is 28.7 Å². The molecule has 0 saturated carbocycles. The van der Waals surface area contributed by atoms with Gasteiger partial charge in [0, 0.05) is 39.0 Å². The summed E-state index contributed by atoms with van der Waals surface area (Å²) in [4.78, 5) is 20.2. The Morgan fingerprint density at radius 2 is 1.08 bits per heavy atom. The van der Waals surface area contributed by atoms with Gasteiger partial charge in [-0.2, -0.15) is 9.97 Å². The first kappa shape index (κ1) is 30.3. The van der Waals surface area contributed by atoms with E-state index in [1.807, 2.05) is 97.1 Å². The lowest BCUT2D eigenvalue weighted by Crippen LogP contribution is -2.46. The molecule has 244 valence electrons. The summed E-state index contributed by atoms with van der Waals surface area (Å²) in [5.41, 5.74) is 3.83. The molecule has 0 atom stereocenters. The summed E-state index contributed by atoms with van der Waals surface area (Å²) in [6.07, 6.45) is 1.80. The monoisotopic (exact) mass is 657 g/mol. The number of nitrogens with zero attached hydrogens (tertiary/aromatic N) is 5. The summed E-state index contributed by atoms with van der Waals surface area (Å²) >= 11 is 0. The standard InChI is InChI=1S/C43H33F2N5/c1-41(2)33-23-22-27(24-34(33)42(3,4)43(41,44)45)37-31-19-9-8-16-28(31)32(25-46-37)39-47-38(26-14-6-5-7-15-26)48-40(49-39)50-35-20-12-10-17-29(35)30-18-11-13-21-36(30)50/h5-25H,1-4H3. The van der Waals surface area contributed by atoms with Crippen LogP contribution >= 0.6 is 0 Å². The van der Waals surface area contributed by atoms with E-state index >= 15 is 8.78 Å². The lowest BCUT2D eigenvalue weighted by Gasteiger charge is -2.35. The summed E-state index contributed by atoms with van der Waals surface area (Å²) in [6, 6.07) is 40.1. The van der Waals surface area contributed by atoms with Gasteiger partial charge in [-0.05, 0) is 62.4 Å². The molecule has 1 aliphatic rings. The normalized spacial score (nSPS) is 15.9. The Morgan fingerprint density at radius 1 is 0.520 bits per heavy atom. The van der Waals surface area contributed by atoms with Crippen LogP contribution < -0.4 is 0 Å². The van der Waals surface area contributed by atoms with E-state index in [9.17, 15) is 0 Å². The summed E-state index contributed by atoms with van der Waals surface area (Å²) in [7, 11) is 0. The first-order valence-corrected chi connectivity index (χ1v) is 16.8. The van der Waals surface area contributed by atoms with Crippen molar-refractivity contribution >= 4 is 32.6 Å². The predicted molar refractivity (Wildman–Crippen MR) is 197 cm³/mol. The SMILES string of the molecule is CC1(C)c2ccc(-c3ncc(-c4nc(-c5ccccc5)nc(-n5c6ccccc6c6ccccc65)n4)c4ccccc34)cc2C(C)(C)C1(F)F. The molecule has 0 fully saturated rings. The van der Waals surface area contributed by atoms with E-state index in [4.69, 9.17) is 19.9 Å². The van der Waals surface area contributed by atoms with Gasteiger partial charge in [-0.3, -0.25) is 9.55 Å². The lowest BCUT2D eigenvalue weighted by molar-refractivity contribution is -0.105. The molecule has 0 bridgehead atoms. The van der Waals surface area contributed by atoms with Crippen LogP contribution in [0.1, 0.15) is 38.8 Å². The number of benzene rings is 5. The average Bonchev–Trinajstić information content (AvgIpc) is 3.53. The number of aromatic nitrogens is 5. The smallest absolute Gasteiger partial charge is 0.266 e. The van der Waals surface area contributed by atoms with Crippen LogP contribution in [0.15, 0.2) is 128 Å². The average molecular weight is 658 g/mol. The molecular weight excluding hydrogens is 625 g/mol. The highest BCUT2D eigenvalue weighted by Crippen LogP contribution is 2.59. The van der Waals surface area contributed by atoms with Crippen LogP contribution in [0, 0.1) is 0 Å². The molecule has 3 heterocycles. The second-order valence-electron chi connectivity index (χ2n) is 14.2. The van der Waals surface area contributed by atoms with Crippen molar-refractivity contribution in [1.82, 2.24) is 24.5 Å². The van der Waals surface area contributed by atoms with E-state index in [2.05, 4.69) is 28.8 Å². The maximum absolute atomic E-state index is 15.7. The summed E-state index contributed by atoms with van der Waals surface area (Å²) in [5.74, 6) is -1.37. The molecule has 0 radical (unpaired) electrons. The number of hydrogen-bond donors (Lipinski definition) is 0. The Kier molecular flexibility index (Phi) is 6.41. The zero-order valence-corrected chi connectivity index (χ0v) is 28.1. The molecule has 8 aromatic rings. The van der Waals surface area contributed by atoms with Crippen LogP contribution in [0.25, 0.3) is 72.6 Å². The van der Waals surface area contributed by atoms with Gasteiger partial charge in [0.25, 0.3) is 5.92 Å². The van der Waals surface area contributed by atoms with Gasteiger partial charge >= 0.3 is 0 Å². The number of hydrogen-bond acceptors (Lipinski definition) is 4. The summed E-state index contributed by atoms with van der Waals surface area (Å²) < 4.78 is 33.6. The van der Waals surface area contributed by atoms with Crippen LogP contribution in [-0.4, -0.2) is 30.4 Å². The minimum Gasteiger partial charge on any atom is -0.278 e. The molecule has 0 aliphatic heterocycles. The molecule has 0 amide bonds. The minimum absolute atomic E-state index is 0.488. The minimum atomic E-state index is -2.91. The molecule has 3 aromatic heterocycles. The molecule has 0 N–H and O–H groups in total. The second kappa shape index (κ2) is 10.6. The Bertz CT molecular complexity index is 2590. The van der Waals surface area contributed by atoms with Crippen molar-refractivity contribution in [2.24, 2.45) is 0 Å². The van der Waals surface area contributed by atoms with Crippen LogP contribution in [0.3, 0.4) is 0 Å². The van der Waals surface area contributed by atoms with E-state index in [1.165, 1.54) is 0 Å². The zero-order valence-electron chi connectivity index (χ0n) is 28.1. The highest BCUT2D eigenvalue weighted by molar-refractivity contribution is 6.09.